The van der Waals surface area contributed by atoms with Crippen molar-refractivity contribution in [2.75, 3.05) is 6.79 Å². The maximum Gasteiger partial charge on any atom is 0.297 e. The van der Waals surface area contributed by atoms with E-state index in [1.807, 2.05) is 42.5 Å². The van der Waals surface area contributed by atoms with Gasteiger partial charge in [0, 0.05) is 6.42 Å². The van der Waals surface area contributed by atoms with Crippen molar-refractivity contribution in [2.24, 2.45) is 0 Å². The molecule has 0 amide bonds. The van der Waals surface area contributed by atoms with E-state index in [9.17, 15) is 9.90 Å². The first kappa shape index (κ1) is 16.0. The lowest BCUT2D eigenvalue weighted by Crippen LogP contribution is -2.15. The minimum atomic E-state index is -0.524. The second-order valence-corrected chi connectivity index (χ2v) is 5.80. The van der Waals surface area contributed by atoms with Gasteiger partial charge in [0.25, 0.3) is 11.4 Å². The zero-order chi connectivity index (χ0) is 17.9. The van der Waals surface area contributed by atoms with Gasteiger partial charge in [-0.2, -0.15) is 4.98 Å². The normalized spacial score (nSPS) is 12.2. The summed E-state index contributed by atoms with van der Waals surface area (Å²) >= 11 is 0. The largest absolute Gasteiger partial charge is 0.490 e. The van der Waals surface area contributed by atoms with Gasteiger partial charge in [0.05, 0.1) is 0 Å². The molecule has 0 saturated carbocycles. The van der Waals surface area contributed by atoms with Gasteiger partial charge >= 0.3 is 0 Å². The van der Waals surface area contributed by atoms with Crippen molar-refractivity contribution in [1.82, 2.24) is 9.97 Å². The van der Waals surface area contributed by atoms with Crippen LogP contribution in [0.25, 0.3) is 0 Å². The summed E-state index contributed by atoms with van der Waals surface area (Å²) in [6.07, 6.45) is 0.332. The Hall–Kier alpha value is -3.48. The van der Waals surface area contributed by atoms with Crippen molar-refractivity contribution in [3.8, 4) is 23.1 Å². The number of H-pyrrole nitrogens is 1. The van der Waals surface area contributed by atoms with Crippen molar-refractivity contribution in [1.29, 1.82) is 0 Å². The number of nitrogens with one attached hydrogen (secondary N) is 1. The average Bonchev–Trinajstić information content (AvgIpc) is 3.10. The molecule has 1 aliphatic heterocycles. The molecule has 0 unspecified atom stereocenters. The molecule has 0 fully saturated rings. The van der Waals surface area contributed by atoms with Crippen LogP contribution in [0, 0.1) is 0 Å². The Morgan fingerprint density at radius 3 is 2.69 bits per heavy atom. The number of hydrogen-bond donors (Lipinski definition) is 2. The van der Waals surface area contributed by atoms with E-state index in [2.05, 4.69) is 9.97 Å². The first-order chi connectivity index (χ1) is 12.7. The number of hydrogen-bond acceptors (Lipinski definition) is 6. The molecule has 4 rings (SSSR count). The van der Waals surface area contributed by atoms with Gasteiger partial charge in [0.2, 0.25) is 12.5 Å². The third-order valence-corrected chi connectivity index (χ3v) is 3.94. The molecule has 0 aliphatic carbocycles. The standard InChI is InChI=1S/C19H16N2O5/c22-18-17(24-10-12-4-2-1-3-5-12)19(23)21-16(20-18)9-13-6-7-14-15(8-13)26-11-25-14/h1-8H,9-11H2,(H2,20,21,22,23). The van der Waals surface area contributed by atoms with Gasteiger partial charge in [-0.05, 0) is 23.3 Å². The Balaban J connectivity index is 1.51. The van der Waals surface area contributed by atoms with Crippen molar-refractivity contribution >= 4 is 0 Å². The number of fused-ring (bicyclic) bond motifs is 1. The van der Waals surface area contributed by atoms with Gasteiger partial charge in [-0.15, -0.1) is 0 Å². The Bertz CT molecular complexity index is 985. The van der Waals surface area contributed by atoms with E-state index in [1.165, 1.54) is 0 Å². The van der Waals surface area contributed by atoms with Gasteiger partial charge in [-0.3, -0.25) is 4.79 Å². The molecule has 1 aromatic heterocycles. The molecule has 0 spiro atoms. The summed E-state index contributed by atoms with van der Waals surface area (Å²) in [6, 6.07) is 14.8. The second kappa shape index (κ2) is 6.79. The zero-order valence-electron chi connectivity index (χ0n) is 13.8. The summed E-state index contributed by atoms with van der Waals surface area (Å²) in [5, 5.41) is 10.1. The molecule has 2 aromatic carbocycles. The number of benzene rings is 2. The average molecular weight is 352 g/mol. The SMILES string of the molecule is O=c1[nH]c(Cc2ccc3c(c2)OCO3)nc(O)c1OCc1ccccc1. The summed E-state index contributed by atoms with van der Waals surface area (Å²) in [7, 11) is 0. The quantitative estimate of drug-likeness (QED) is 0.732. The van der Waals surface area contributed by atoms with Gasteiger partial charge < -0.3 is 24.3 Å². The summed E-state index contributed by atoms with van der Waals surface area (Å²) in [5.41, 5.74) is 1.23. The summed E-state index contributed by atoms with van der Waals surface area (Å²) < 4.78 is 16.0. The van der Waals surface area contributed by atoms with Crippen molar-refractivity contribution in [3.63, 3.8) is 0 Å². The van der Waals surface area contributed by atoms with E-state index >= 15 is 0 Å². The Labute approximate surface area is 148 Å². The molecule has 0 radical (unpaired) electrons. The fraction of sp³-hybridized carbons (Fsp3) is 0.158. The van der Waals surface area contributed by atoms with E-state index in [1.54, 1.807) is 6.07 Å². The van der Waals surface area contributed by atoms with Crippen LogP contribution in [0.3, 0.4) is 0 Å². The van der Waals surface area contributed by atoms with Crippen LogP contribution >= 0.6 is 0 Å². The molecule has 2 N–H and O–H groups in total. The molecule has 132 valence electrons. The lowest BCUT2D eigenvalue weighted by atomic mass is 10.1. The van der Waals surface area contributed by atoms with Gasteiger partial charge in [-0.1, -0.05) is 36.4 Å². The van der Waals surface area contributed by atoms with E-state index in [0.29, 0.717) is 23.7 Å². The monoisotopic (exact) mass is 352 g/mol. The van der Waals surface area contributed by atoms with Crippen LogP contribution in [0.5, 0.6) is 23.1 Å². The van der Waals surface area contributed by atoms with Crippen molar-refractivity contribution in [3.05, 3.63) is 75.8 Å². The molecular weight excluding hydrogens is 336 g/mol. The molecular formula is C19H16N2O5. The molecule has 3 aromatic rings. The predicted octanol–water partition coefficient (Wildman–Crippen LogP) is 2.37. The topological polar surface area (TPSA) is 93.7 Å². The highest BCUT2D eigenvalue weighted by Gasteiger charge is 2.16. The number of nitrogens with zero attached hydrogens (tertiary/aromatic N) is 1. The molecule has 7 nitrogen and oxygen atoms in total. The smallest absolute Gasteiger partial charge is 0.297 e. The molecule has 1 aliphatic rings. The minimum absolute atomic E-state index is 0.167. The first-order valence-corrected chi connectivity index (χ1v) is 8.06. The zero-order valence-corrected chi connectivity index (χ0v) is 13.8. The second-order valence-electron chi connectivity index (χ2n) is 5.80. The van der Waals surface area contributed by atoms with Crippen molar-refractivity contribution < 1.29 is 19.3 Å². The minimum Gasteiger partial charge on any atom is -0.490 e. The van der Waals surface area contributed by atoms with Crippen LogP contribution in [0.15, 0.2) is 53.3 Å². The third kappa shape index (κ3) is 3.32. The van der Waals surface area contributed by atoms with Crippen LogP contribution < -0.4 is 19.8 Å². The van der Waals surface area contributed by atoms with Gasteiger partial charge in [0.1, 0.15) is 12.4 Å². The Morgan fingerprint density at radius 2 is 1.88 bits per heavy atom. The lowest BCUT2D eigenvalue weighted by Gasteiger charge is -2.08. The molecule has 26 heavy (non-hydrogen) atoms. The van der Waals surface area contributed by atoms with E-state index < -0.39 is 11.4 Å². The van der Waals surface area contributed by atoms with E-state index in [0.717, 1.165) is 11.1 Å². The lowest BCUT2D eigenvalue weighted by molar-refractivity contribution is 0.174. The number of aromatic amines is 1. The molecule has 7 heteroatoms. The van der Waals surface area contributed by atoms with Crippen LogP contribution in [0.4, 0.5) is 0 Å². The van der Waals surface area contributed by atoms with Crippen LogP contribution in [-0.4, -0.2) is 21.9 Å². The number of rotatable bonds is 5. The first-order valence-electron chi connectivity index (χ1n) is 8.06. The molecule has 0 atom stereocenters. The highest BCUT2D eigenvalue weighted by molar-refractivity contribution is 5.45. The van der Waals surface area contributed by atoms with Crippen LogP contribution in [-0.2, 0) is 13.0 Å². The molecule has 0 bridgehead atoms. The van der Waals surface area contributed by atoms with Crippen LogP contribution in [0.2, 0.25) is 0 Å². The highest BCUT2D eigenvalue weighted by Crippen LogP contribution is 2.33. The van der Waals surface area contributed by atoms with Gasteiger partial charge in [-0.25, -0.2) is 0 Å². The number of aromatic hydroxyl groups is 1. The summed E-state index contributed by atoms with van der Waals surface area (Å²) in [5.74, 6) is 1.04. The number of aromatic nitrogens is 2. The maximum absolute atomic E-state index is 12.2. The maximum atomic E-state index is 12.2. The molecule has 2 heterocycles. The third-order valence-electron chi connectivity index (χ3n) is 3.94. The highest BCUT2D eigenvalue weighted by atomic mass is 16.7. The van der Waals surface area contributed by atoms with Gasteiger partial charge in [0.15, 0.2) is 11.5 Å². The Morgan fingerprint density at radius 1 is 1.08 bits per heavy atom. The Kier molecular flexibility index (Phi) is 4.18. The predicted molar refractivity (Wildman–Crippen MR) is 92.7 cm³/mol. The summed E-state index contributed by atoms with van der Waals surface area (Å²) in [4.78, 5) is 18.9. The number of ether oxygens (including phenoxy) is 3. The van der Waals surface area contributed by atoms with Crippen LogP contribution in [0.1, 0.15) is 17.0 Å². The van der Waals surface area contributed by atoms with Crippen molar-refractivity contribution in [2.45, 2.75) is 13.0 Å². The fourth-order valence-electron chi connectivity index (χ4n) is 2.68. The molecule has 0 saturated heterocycles. The summed E-state index contributed by atoms with van der Waals surface area (Å²) in [6.45, 7) is 0.364. The van der Waals surface area contributed by atoms with E-state index in [-0.39, 0.29) is 19.1 Å². The fourth-order valence-corrected chi connectivity index (χ4v) is 2.68. The van der Waals surface area contributed by atoms with E-state index in [4.69, 9.17) is 14.2 Å².